The predicted molar refractivity (Wildman–Crippen MR) is 89.2 cm³/mol. The summed E-state index contributed by atoms with van der Waals surface area (Å²) in [7, 11) is -3.29. The van der Waals surface area contributed by atoms with Crippen molar-refractivity contribution < 1.29 is 13.2 Å². The summed E-state index contributed by atoms with van der Waals surface area (Å²) in [5.74, 6) is -0.00663. The van der Waals surface area contributed by atoms with Crippen LogP contribution >= 0.6 is 0 Å². The molecule has 1 aromatic rings. The van der Waals surface area contributed by atoms with Gasteiger partial charge >= 0.3 is 0 Å². The van der Waals surface area contributed by atoms with Crippen LogP contribution in [0.1, 0.15) is 43.5 Å². The number of fused-ring (bicyclic) bond motifs is 2. The number of likely N-dealkylation sites (tertiary alicyclic amines) is 1. The number of hydrogen-bond donors (Lipinski definition) is 1. The molecular weight excluding hydrogens is 312 g/mol. The quantitative estimate of drug-likeness (QED) is 0.914. The molecule has 23 heavy (non-hydrogen) atoms. The van der Waals surface area contributed by atoms with E-state index in [9.17, 15) is 13.2 Å². The van der Waals surface area contributed by atoms with E-state index < -0.39 is 15.1 Å². The molecule has 1 N–H and O–H groups in total. The van der Waals surface area contributed by atoms with Crippen LogP contribution in [0, 0.1) is 0 Å². The van der Waals surface area contributed by atoms with Crippen LogP contribution in [0.5, 0.6) is 0 Å². The molecule has 2 bridgehead atoms. The van der Waals surface area contributed by atoms with Gasteiger partial charge in [0.1, 0.15) is 0 Å². The Bertz CT molecular complexity index is 682. The van der Waals surface area contributed by atoms with Gasteiger partial charge < -0.3 is 10.2 Å². The van der Waals surface area contributed by atoms with Gasteiger partial charge in [0.25, 0.3) is 5.91 Å². The lowest BCUT2D eigenvalue weighted by Crippen LogP contribution is -2.39. The van der Waals surface area contributed by atoms with Crippen LogP contribution in [0.4, 0.5) is 0 Å². The van der Waals surface area contributed by atoms with E-state index >= 15 is 0 Å². The van der Waals surface area contributed by atoms with Gasteiger partial charge in [0.2, 0.25) is 0 Å². The van der Waals surface area contributed by atoms with Crippen molar-refractivity contribution in [1.29, 1.82) is 0 Å². The van der Waals surface area contributed by atoms with Gasteiger partial charge in [-0.25, -0.2) is 8.42 Å². The van der Waals surface area contributed by atoms with E-state index in [1.165, 1.54) is 6.42 Å². The lowest BCUT2D eigenvalue weighted by Gasteiger charge is -2.24. The van der Waals surface area contributed by atoms with Gasteiger partial charge in [-0.05, 0) is 57.4 Å². The Morgan fingerprint density at radius 2 is 1.78 bits per heavy atom. The van der Waals surface area contributed by atoms with Gasteiger partial charge in [0, 0.05) is 30.7 Å². The van der Waals surface area contributed by atoms with Crippen LogP contribution in [-0.2, 0) is 9.84 Å². The monoisotopic (exact) mass is 336 g/mol. The molecule has 0 spiro atoms. The molecule has 3 rings (SSSR count). The molecule has 2 saturated heterocycles. The number of benzene rings is 1. The maximum atomic E-state index is 12.7. The Hall–Kier alpha value is -1.40. The highest BCUT2D eigenvalue weighted by Gasteiger charge is 2.31. The van der Waals surface area contributed by atoms with Gasteiger partial charge in [-0.2, -0.15) is 0 Å². The topological polar surface area (TPSA) is 66.5 Å². The van der Waals surface area contributed by atoms with Gasteiger partial charge in [0.15, 0.2) is 9.84 Å². The van der Waals surface area contributed by atoms with E-state index in [1.54, 1.807) is 38.1 Å². The minimum Gasteiger partial charge on any atom is -0.337 e. The van der Waals surface area contributed by atoms with Crippen LogP contribution in [-0.4, -0.2) is 49.6 Å². The Labute approximate surface area is 138 Å². The van der Waals surface area contributed by atoms with Gasteiger partial charge in [-0.1, -0.05) is 0 Å². The first kappa shape index (κ1) is 16.5. The molecule has 1 aromatic carbocycles. The van der Waals surface area contributed by atoms with Crippen molar-refractivity contribution in [2.75, 3.05) is 13.1 Å². The number of nitrogens with one attached hydrogen (secondary N) is 1. The van der Waals surface area contributed by atoms with Crippen LogP contribution in [0.3, 0.4) is 0 Å². The molecule has 2 unspecified atom stereocenters. The minimum atomic E-state index is -3.29. The van der Waals surface area contributed by atoms with Gasteiger partial charge in [0.05, 0.1) is 10.1 Å². The zero-order valence-corrected chi connectivity index (χ0v) is 14.5. The van der Waals surface area contributed by atoms with E-state index in [0.717, 1.165) is 25.9 Å². The van der Waals surface area contributed by atoms with E-state index in [2.05, 4.69) is 5.32 Å². The zero-order valence-electron chi connectivity index (χ0n) is 13.7. The van der Waals surface area contributed by atoms with Crippen molar-refractivity contribution in [2.45, 2.75) is 55.3 Å². The number of hydrogen-bond acceptors (Lipinski definition) is 4. The second-order valence-electron chi connectivity index (χ2n) is 6.80. The molecular formula is C17H24N2O3S. The standard InChI is InChI=1S/C17H24N2O3S/c1-12(2)23(21,22)16-7-3-13(4-8-16)17(20)19-10-9-14-5-6-15(11-19)18-14/h3-4,7-8,12,14-15,18H,5-6,9-11H2,1-2H3. The third-order valence-corrected chi connectivity index (χ3v) is 7.03. The molecule has 0 aromatic heterocycles. The molecule has 0 radical (unpaired) electrons. The molecule has 126 valence electrons. The molecule has 2 atom stereocenters. The molecule has 2 heterocycles. The number of sulfone groups is 1. The molecule has 2 fully saturated rings. The van der Waals surface area contributed by atoms with Crippen molar-refractivity contribution in [3.05, 3.63) is 29.8 Å². The smallest absolute Gasteiger partial charge is 0.253 e. The van der Waals surface area contributed by atoms with Crippen molar-refractivity contribution in [3.63, 3.8) is 0 Å². The van der Waals surface area contributed by atoms with Crippen molar-refractivity contribution >= 4 is 15.7 Å². The largest absolute Gasteiger partial charge is 0.337 e. The third kappa shape index (κ3) is 3.28. The number of nitrogens with zero attached hydrogens (tertiary/aromatic N) is 1. The highest BCUT2D eigenvalue weighted by Crippen LogP contribution is 2.22. The van der Waals surface area contributed by atoms with Crippen molar-refractivity contribution in [1.82, 2.24) is 10.2 Å². The molecule has 2 aliphatic heterocycles. The fourth-order valence-corrected chi connectivity index (χ4v) is 4.43. The zero-order chi connectivity index (χ0) is 16.6. The first-order valence-electron chi connectivity index (χ1n) is 8.27. The van der Waals surface area contributed by atoms with Crippen molar-refractivity contribution in [3.8, 4) is 0 Å². The molecule has 2 aliphatic rings. The number of amides is 1. The average Bonchev–Trinajstić information content (AvgIpc) is 2.86. The van der Waals surface area contributed by atoms with Crippen LogP contribution < -0.4 is 5.32 Å². The molecule has 6 heteroatoms. The Kier molecular flexibility index (Phi) is 4.47. The fraction of sp³-hybridized carbons (Fsp3) is 0.588. The van der Waals surface area contributed by atoms with E-state index in [1.807, 2.05) is 4.90 Å². The molecule has 5 nitrogen and oxygen atoms in total. The average molecular weight is 336 g/mol. The van der Waals surface area contributed by atoms with Gasteiger partial charge in [-0.15, -0.1) is 0 Å². The number of rotatable bonds is 3. The number of carbonyl (C=O) groups excluding carboxylic acids is 1. The maximum Gasteiger partial charge on any atom is 0.253 e. The SMILES string of the molecule is CC(C)S(=O)(=O)c1ccc(C(=O)N2CCC3CCC(C2)N3)cc1. The van der Waals surface area contributed by atoms with Crippen LogP contribution in [0.15, 0.2) is 29.2 Å². The summed E-state index contributed by atoms with van der Waals surface area (Å²) in [5.41, 5.74) is 0.561. The first-order chi connectivity index (χ1) is 10.9. The second kappa shape index (κ2) is 6.24. The van der Waals surface area contributed by atoms with E-state index in [4.69, 9.17) is 0 Å². The highest BCUT2D eigenvalue weighted by molar-refractivity contribution is 7.92. The summed E-state index contributed by atoms with van der Waals surface area (Å²) in [6.45, 7) is 4.82. The Morgan fingerprint density at radius 1 is 1.13 bits per heavy atom. The molecule has 1 amide bonds. The third-order valence-electron chi connectivity index (χ3n) is 4.86. The maximum absolute atomic E-state index is 12.7. The van der Waals surface area contributed by atoms with E-state index in [-0.39, 0.29) is 10.8 Å². The Balaban J connectivity index is 1.75. The molecule has 0 saturated carbocycles. The van der Waals surface area contributed by atoms with Crippen LogP contribution in [0.25, 0.3) is 0 Å². The summed E-state index contributed by atoms with van der Waals surface area (Å²) in [6, 6.07) is 7.29. The summed E-state index contributed by atoms with van der Waals surface area (Å²) in [6.07, 6.45) is 3.32. The van der Waals surface area contributed by atoms with Gasteiger partial charge in [-0.3, -0.25) is 4.79 Å². The fourth-order valence-electron chi connectivity index (χ4n) is 3.37. The summed E-state index contributed by atoms with van der Waals surface area (Å²) < 4.78 is 24.3. The highest BCUT2D eigenvalue weighted by atomic mass is 32.2. The lowest BCUT2D eigenvalue weighted by molar-refractivity contribution is 0.0748. The van der Waals surface area contributed by atoms with Crippen molar-refractivity contribution in [2.24, 2.45) is 0 Å². The first-order valence-corrected chi connectivity index (χ1v) is 9.82. The van der Waals surface area contributed by atoms with E-state index in [0.29, 0.717) is 17.6 Å². The normalized spacial score (nSPS) is 24.7. The van der Waals surface area contributed by atoms with Crippen LogP contribution in [0.2, 0.25) is 0 Å². The summed E-state index contributed by atoms with van der Waals surface area (Å²) in [5, 5.41) is 3.10. The molecule has 0 aliphatic carbocycles. The lowest BCUT2D eigenvalue weighted by atomic mass is 10.1. The second-order valence-corrected chi connectivity index (χ2v) is 9.30. The summed E-state index contributed by atoms with van der Waals surface area (Å²) in [4.78, 5) is 14.8. The predicted octanol–water partition coefficient (Wildman–Crippen LogP) is 1.84. The minimum absolute atomic E-state index is 0.00663. The number of carbonyl (C=O) groups is 1. The Morgan fingerprint density at radius 3 is 2.43 bits per heavy atom. The summed E-state index contributed by atoms with van der Waals surface area (Å²) >= 11 is 0.